The summed E-state index contributed by atoms with van der Waals surface area (Å²) < 4.78 is 25.5. The third-order valence-corrected chi connectivity index (χ3v) is 1.49. The zero-order valence-corrected chi connectivity index (χ0v) is 8.01. The van der Waals surface area contributed by atoms with E-state index in [2.05, 4.69) is 10.2 Å². The molecular weight excluding hydrogens is 206 g/mol. The van der Waals surface area contributed by atoms with Gasteiger partial charge in [-0.25, -0.2) is 19.1 Å². The minimum atomic E-state index is -0.846. The molecule has 2 amide bonds. The van der Waals surface area contributed by atoms with Crippen LogP contribution >= 0.6 is 0 Å². The van der Waals surface area contributed by atoms with Gasteiger partial charge in [-0.05, 0) is 19.1 Å². The van der Waals surface area contributed by atoms with Crippen molar-refractivity contribution >= 4 is 11.7 Å². The van der Waals surface area contributed by atoms with E-state index < -0.39 is 17.7 Å². The van der Waals surface area contributed by atoms with E-state index in [1.165, 1.54) is 0 Å². The Labute approximate surface area is 85.2 Å². The van der Waals surface area contributed by atoms with Crippen LogP contribution in [0.2, 0.25) is 0 Å². The molecule has 82 valence electrons. The lowest BCUT2D eigenvalue weighted by Crippen LogP contribution is -2.29. The Morgan fingerprint density at radius 1 is 1.47 bits per heavy atom. The van der Waals surface area contributed by atoms with Crippen LogP contribution in [-0.4, -0.2) is 12.6 Å². The molecule has 0 heterocycles. The topological polar surface area (TPSA) is 50.4 Å². The standard InChI is InChI=1S/C9H10F2N2O2/c1-2-15-13-9(14)12-8-4-3-6(10)5-7(8)11/h3-5H,2H2,1H3,(H2,12,13,14). The largest absolute Gasteiger partial charge is 0.343 e. The van der Waals surface area contributed by atoms with Crippen molar-refractivity contribution < 1.29 is 18.4 Å². The molecule has 0 atom stereocenters. The highest BCUT2D eigenvalue weighted by Crippen LogP contribution is 2.14. The molecule has 0 saturated carbocycles. The van der Waals surface area contributed by atoms with Crippen molar-refractivity contribution in [3.05, 3.63) is 29.8 Å². The number of carbonyl (C=O) groups is 1. The number of hydroxylamine groups is 1. The summed E-state index contributed by atoms with van der Waals surface area (Å²) >= 11 is 0. The predicted molar refractivity (Wildman–Crippen MR) is 50.1 cm³/mol. The van der Waals surface area contributed by atoms with Crippen molar-refractivity contribution in [2.75, 3.05) is 11.9 Å². The average Bonchev–Trinajstić information content (AvgIpc) is 2.19. The molecule has 15 heavy (non-hydrogen) atoms. The highest BCUT2D eigenvalue weighted by atomic mass is 19.1. The number of nitrogens with one attached hydrogen (secondary N) is 2. The van der Waals surface area contributed by atoms with Gasteiger partial charge in [0.1, 0.15) is 11.6 Å². The molecule has 0 bridgehead atoms. The molecule has 0 aromatic heterocycles. The van der Waals surface area contributed by atoms with E-state index in [1.54, 1.807) is 6.92 Å². The van der Waals surface area contributed by atoms with Gasteiger partial charge in [0.25, 0.3) is 0 Å². The van der Waals surface area contributed by atoms with Gasteiger partial charge in [-0.1, -0.05) is 0 Å². The van der Waals surface area contributed by atoms with Crippen LogP contribution in [0.4, 0.5) is 19.3 Å². The van der Waals surface area contributed by atoms with Gasteiger partial charge in [0.2, 0.25) is 0 Å². The van der Waals surface area contributed by atoms with E-state index in [0.29, 0.717) is 12.7 Å². The van der Waals surface area contributed by atoms with Gasteiger partial charge >= 0.3 is 6.03 Å². The van der Waals surface area contributed by atoms with Gasteiger partial charge in [-0.2, -0.15) is 0 Å². The van der Waals surface area contributed by atoms with Gasteiger partial charge in [-0.3, -0.25) is 4.84 Å². The summed E-state index contributed by atoms with van der Waals surface area (Å²) in [4.78, 5) is 15.6. The molecule has 0 radical (unpaired) electrons. The first-order valence-electron chi connectivity index (χ1n) is 4.27. The molecule has 0 aliphatic rings. The SMILES string of the molecule is CCONC(=O)Nc1ccc(F)cc1F. The lowest BCUT2D eigenvalue weighted by atomic mass is 10.3. The molecule has 1 aromatic rings. The van der Waals surface area contributed by atoms with Crippen LogP contribution in [0.5, 0.6) is 0 Å². The number of urea groups is 1. The van der Waals surface area contributed by atoms with Crippen LogP contribution in [0.1, 0.15) is 6.92 Å². The van der Waals surface area contributed by atoms with Crippen molar-refractivity contribution in [1.82, 2.24) is 5.48 Å². The minimum Gasteiger partial charge on any atom is -0.303 e. The molecule has 0 aliphatic heterocycles. The summed E-state index contributed by atoms with van der Waals surface area (Å²) in [6.45, 7) is 1.97. The summed E-state index contributed by atoms with van der Waals surface area (Å²) in [5.74, 6) is -1.55. The van der Waals surface area contributed by atoms with Crippen molar-refractivity contribution in [1.29, 1.82) is 0 Å². The maximum Gasteiger partial charge on any atom is 0.343 e. The number of carbonyl (C=O) groups excluding carboxylic acids is 1. The Bertz CT molecular complexity index is 358. The minimum absolute atomic E-state index is 0.117. The van der Waals surface area contributed by atoms with Gasteiger partial charge in [0, 0.05) is 6.07 Å². The van der Waals surface area contributed by atoms with E-state index in [1.807, 2.05) is 5.48 Å². The summed E-state index contributed by atoms with van der Waals surface area (Å²) in [7, 11) is 0. The van der Waals surface area contributed by atoms with Crippen molar-refractivity contribution in [3.63, 3.8) is 0 Å². The van der Waals surface area contributed by atoms with Crippen LogP contribution in [0.15, 0.2) is 18.2 Å². The molecule has 1 rings (SSSR count). The first-order chi connectivity index (χ1) is 7.13. The zero-order valence-electron chi connectivity index (χ0n) is 8.01. The number of halogens is 2. The molecule has 6 heteroatoms. The van der Waals surface area contributed by atoms with Crippen LogP contribution < -0.4 is 10.8 Å². The summed E-state index contributed by atoms with van der Waals surface area (Å²) in [5.41, 5.74) is 1.90. The highest BCUT2D eigenvalue weighted by Gasteiger charge is 2.06. The second kappa shape index (κ2) is 5.26. The highest BCUT2D eigenvalue weighted by molar-refractivity contribution is 5.88. The Morgan fingerprint density at radius 3 is 2.80 bits per heavy atom. The summed E-state index contributed by atoms with van der Waals surface area (Å²) in [6.07, 6.45) is 0. The van der Waals surface area contributed by atoms with Crippen LogP contribution in [0.25, 0.3) is 0 Å². The average molecular weight is 216 g/mol. The zero-order chi connectivity index (χ0) is 11.3. The van der Waals surface area contributed by atoms with Crippen LogP contribution in [0.3, 0.4) is 0 Å². The molecule has 0 fully saturated rings. The fraction of sp³-hybridized carbons (Fsp3) is 0.222. The third kappa shape index (κ3) is 3.51. The van der Waals surface area contributed by atoms with Gasteiger partial charge in [-0.15, -0.1) is 0 Å². The fourth-order valence-electron chi connectivity index (χ4n) is 0.876. The second-order valence-corrected chi connectivity index (χ2v) is 2.61. The number of rotatable bonds is 3. The number of anilines is 1. The quantitative estimate of drug-likeness (QED) is 0.759. The molecule has 1 aromatic carbocycles. The molecule has 0 aliphatic carbocycles. The predicted octanol–water partition coefficient (Wildman–Crippen LogP) is 2.04. The molecule has 2 N–H and O–H groups in total. The van der Waals surface area contributed by atoms with E-state index in [4.69, 9.17) is 0 Å². The number of hydrogen-bond donors (Lipinski definition) is 2. The summed E-state index contributed by atoms with van der Waals surface area (Å²) in [5, 5.41) is 2.16. The van der Waals surface area contributed by atoms with Crippen molar-refractivity contribution in [2.45, 2.75) is 6.92 Å². The van der Waals surface area contributed by atoms with E-state index >= 15 is 0 Å². The van der Waals surface area contributed by atoms with Crippen molar-refractivity contribution in [3.8, 4) is 0 Å². The Hall–Kier alpha value is -1.69. The molecular formula is C9H10F2N2O2. The Balaban J connectivity index is 2.60. The number of amides is 2. The van der Waals surface area contributed by atoms with E-state index in [9.17, 15) is 13.6 Å². The molecule has 0 spiro atoms. The van der Waals surface area contributed by atoms with Gasteiger partial charge in [0.15, 0.2) is 0 Å². The first-order valence-corrected chi connectivity index (χ1v) is 4.27. The van der Waals surface area contributed by atoms with Crippen LogP contribution in [-0.2, 0) is 4.84 Å². The fourth-order valence-corrected chi connectivity index (χ4v) is 0.876. The lowest BCUT2D eigenvalue weighted by molar-refractivity contribution is 0.0758. The Kier molecular flexibility index (Phi) is 3.99. The first kappa shape index (κ1) is 11.4. The maximum absolute atomic E-state index is 13.0. The number of benzene rings is 1. The van der Waals surface area contributed by atoms with Gasteiger partial charge in [0.05, 0.1) is 12.3 Å². The van der Waals surface area contributed by atoms with E-state index in [-0.39, 0.29) is 5.69 Å². The van der Waals surface area contributed by atoms with Gasteiger partial charge < -0.3 is 5.32 Å². The molecule has 4 nitrogen and oxygen atoms in total. The Morgan fingerprint density at radius 2 is 2.20 bits per heavy atom. The van der Waals surface area contributed by atoms with E-state index in [0.717, 1.165) is 12.1 Å². The lowest BCUT2D eigenvalue weighted by Gasteiger charge is -2.07. The molecule has 0 unspecified atom stereocenters. The third-order valence-electron chi connectivity index (χ3n) is 1.49. The normalized spacial score (nSPS) is 9.80. The van der Waals surface area contributed by atoms with Crippen LogP contribution in [0, 0.1) is 11.6 Å². The summed E-state index contributed by atoms with van der Waals surface area (Å²) in [6, 6.07) is 2.12. The number of hydrogen-bond acceptors (Lipinski definition) is 2. The maximum atomic E-state index is 13.0. The second-order valence-electron chi connectivity index (χ2n) is 2.61. The van der Waals surface area contributed by atoms with Crippen molar-refractivity contribution in [2.24, 2.45) is 0 Å². The smallest absolute Gasteiger partial charge is 0.303 e. The monoisotopic (exact) mass is 216 g/mol. The molecule has 0 saturated heterocycles.